The molecule has 0 radical (unpaired) electrons. The minimum atomic E-state index is -4.38. The summed E-state index contributed by atoms with van der Waals surface area (Å²) < 4.78 is 14.6. The van der Waals surface area contributed by atoms with Gasteiger partial charge in [0.1, 0.15) is 5.78 Å². The molecule has 0 aromatic rings. The topological polar surface area (TPSA) is 83.8 Å². The van der Waals surface area contributed by atoms with Gasteiger partial charge in [-0.3, -0.25) is 9.32 Å². The quantitative estimate of drug-likeness (QED) is 0.522. The molecule has 5 nitrogen and oxygen atoms in total. The van der Waals surface area contributed by atoms with Crippen LogP contribution in [-0.2, 0) is 13.9 Å². The predicted octanol–water partition coefficient (Wildman–Crippen LogP) is 1.88. The van der Waals surface area contributed by atoms with Gasteiger partial charge in [-0.05, 0) is 12.8 Å². The minimum absolute atomic E-state index is 0.0875. The van der Waals surface area contributed by atoms with Crippen molar-refractivity contribution in [1.29, 1.82) is 0 Å². The molecule has 0 heterocycles. The summed E-state index contributed by atoms with van der Waals surface area (Å²) >= 11 is 0. The summed E-state index contributed by atoms with van der Waals surface area (Å²) in [5.41, 5.74) is -0.359. The number of Topliss-reactive ketones (excluding diaryl/α,β-unsaturated/α-hetero) is 1. The largest absolute Gasteiger partial charge is 0.469 e. The van der Waals surface area contributed by atoms with E-state index < -0.39 is 7.82 Å². The molecule has 0 spiro atoms. The highest BCUT2D eigenvalue weighted by Gasteiger charge is 2.24. The lowest BCUT2D eigenvalue weighted by atomic mass is 9.83. The van der Waals surface area contributed by atoms with Gasteiger partial charge in [0.15, 0.2) is 0 Å². The van der Waals surface area contributed by atoms with Crippen LogP contribution >= 0.6 is 7.82 Å². The van der Waals surface area contributed by atoms with Crippen LogP contribution in [0.1, 0.15) is 40.0 Å². The number of hydrogen-bond donors (Lipinski definition) is 2. The number of carbonyl (C=O) groups excluding carboxylic acids is 1. The van der Waals surface area contributed by atoms with E-state index in [1.807, 2.05) is 20.8 Å². The molecule has 0 rings (SSSR count). The second kappa shape index (κ2) is 5.75. The Bertz CT molecular complexity index is 255. The van der Waals surface area contributed by atoms with Crippen molar-refractivity contribution in [2.24, 2.45) is 5.41 Å². The Labute approximate surface area is 90.1 Å². The SMILES string of the molecule is CCC(C)(C)C(=O)CCCOP(=O)(O)O. The van der Waals surface area contributed by atoms with Gasteiger partial charge in [0.2, 0.25) is 0 Å². The molecule has 0 aromatic heterocycles. The number of carbonyl (C=O) groups is 1. The van der Waals surface area contributed by atoms with Crippen molar-refractivity contribution >= 4 is 13.6 Å². The van der Waals surface area contributed by atoms with Crippen LogP contribution < -0.4 is 0 Å². The third-order valence-corrected chi connectivity index (χ3v) is 2.97. The van der Waals surface area contributed by atoms with Crippen molar-refractivity contribution in [2.75, 3.05) is 6.61 Å². The first-order chi connectivity index (χ1) is 6.69. The maximum Gasteiger partial charge on any atom is 0.469 e. The van der Waals surface area contributed by atoms with Crippen LogP contribution in [0.3, 0.4) is 0 Å². The molecule has 2 N–H and O–H groups in total. The van der Waals surface area contributed by atoms with Crippen LogP contribution in [-0.4, -0.2) is 22.2 Å². The van der Waals surface area contributed by atoms with Crippen molar-refractivity contribution in [1.82, 2.24) is 0 Å². The lowest BCUT2D eigenvalue weighted by Crippen LogP contribution is -2.23. The van der Waals surface area contributed by atoms with Gasteiger partial charge in [0.05, 0.1) is 6.61 Å². The standard InChI is InChI=1S/C9H19O5P/c1-4-9(2,3)8(10)6-5-7-14-15(11,12)13/h4-7H2,1-3H3,(H2,11,12,13). The van der Waals surface area contributed by atoms with Gasteiger partial charge >= 0.3 is 7.82 Å². The van der Waals surface area contributed by atoms with Crippen molar-refractivity contribution in [3.8, 4) is 0 Å². The Morgan fingerprint density at radius 1 is 1.40 bits per heavy atom. The first-order valence-electron chi connectivity index (χ1n) is 4.92. The van der Waals surface area contributed by atoms with Crippen molar-refractivity contribution in [2.45, 2.75) is 40.0 Å². The van der Waals surface area contributed by atoms with Gasteiger partial charge in [0, 0.05) is 11.8 Å². The highest BCUT2D eigenvalue weighted by Crippen LogP contribution is 2.35. The number of phosphoric ester groups is 1. The summed E-state index contributed by atoms with van der Waals surface area (Å²) in [5, 5.41) is 0. The molecule has 15 heavy (non-hydrogen) atoms. The van der Waals surface area contributed by atoms with E-state index in [0.717, 1.165) is 6.42 Å². The Kier molecular flexibility index (Phi) is 5.67. The summed E-state index contributed by atoms with van der Waals surface area (Å²) in [6.45, 7) is 5.57. The number of phosphoric acid groups is 1. The van der Waals surface area contributed by atoms with Gasteiger partial charge in [-0.25, -0.2) is 4.57 Å². The fourth-order valence-electron chi connectivity index (χ4n) is 0.952. The third-order valence-electron chi connectivity index (χ3n) is 2.45. The Morgan fingerprint density at radius 3 is 2.33 bits per heavy atom. The van der Waals surface area contributed by atoms with Gasteiger partial charge in [-0.2, -0.15) is 0 Å². The normalized spacial score (nSPS) is 12.9. The summed E-state index contributed by atoms with van der Waals surface area (Å²) in [6, 6.07) is 0. The van der Waals surface area contributed by atoms with Crippen molar-refractivity contribution in [3.05, 3.63) is 0 Å². The minimum Gasteiger partial charge on any atom is -0.303 e. The molecule has 90 valence electrons. The summed E-state index contributed by atoms with van der Waals surface area (Å²) in [5.74, 6) is 0.0966. The van der Waals surface area contributed by atoms with E-state index >= 15 is 0 Å². The molecule has 0 unspecified atom stereocenters. The average molecular weight is 238 g/mol. The zero-order valence-corrected chi connectivity index (χ0v) is 10.3. The highest BCUT2D eigenvalue weighted by atomic mass is 31.2. The molecule has 0 fully saturated rings. The molecule has 0 aliphatic heterocycles. The molecule has 0 saturated carbocycles. The summed E-state index contributed by atoms with van der Waals surface area (Å²) in [7, 11) is -4.38. The molecule has 0 bridgehead atoms. The highest BCUT2D eigenvalue weighted by molar-refractivity contribution is 7.46. The van der Waals surface area contributed by atoms with Crippen LogP contribution in [0.2, 0.25) is 0 Å². The Morgan fingerprint density at radius 2 is 1.93 bits per heavy atom. The smallest absolute Gasteiger partial charge is 0.303 e. The van der Waals surface area contributed by atoms with Gasteiger partial charge < -0.3 is 9.79 Å². The lowest BCUT2D eigenvalue weighted by Gasteiger charge is -2.20. The zero-order chi connectivity index (χ0) is 12.1. The zero-order valence-electron chi connectivity index (χ0n) is 9.39. The van der Waals surface area contributed by atoms with Crippen LogP contribution in [0.4, 0.5) is 0 Å². The van der Waals surface area contributed by atoms with E-state index in [2.05, 4.69) is 4.52 Å². The third kappa shape index (κ3) is 6.79. The maximum atomic E-state index is 11.6. The van der Waals surface area contributed by atoms with Gasteiger partial charge in [-0.1, -0.05) is 20.8 Å². The molecule has 0 amide bonds. The molecule has 6 heteroatoms. The summed E-state index contributed by atoms with van der Waals surface area (Å²) in [4.78, 5) is 28.4. The van der Waals surface area contributed by atoms with E-state index in [1.165, 1.54) is 0 Å². The molecule has 0 atom stereocenters. The fraction of sp³-hybridized carbons (Fsp3) is 0.889. The van der Waals surface area contributed by atoms with Gasteiger partial charge in [0.25, 0.3) is 0 Å². The van der Waals surface area contributed by atoms with E-state index in [-0.39, 0.29) is 17.8 Å². The van der Waals surface area contributed by atoms with Crippen molar-refractivity contribution in [3.63, 3.8) is 0 Å². The van der Waals surface area contributed by atoms with Gasteiger partial charge in [-0.15, -0.1) is 0 Å². The Balaban J connectivity index is 3.79. The van der Waals surface area contributed by atoms with E-state index in [0.29, 0.717) is 12.8 Å². The van der Waals surface area contributed by atoms with Crippen LogP contribution in [0.25, 0.3) is 0 Å². The number of rotatable bonds is 7. The van der Waals surface area contributed by atoms with E-state index in [9.17, 15) is 9.36 Å². The molecule has 0 aliphatic rings. The molecule has 0 aromatic carbocycles. The second-order valence-electron chi connectivity index (χ2n) is 4.09. The monoisotopic (exact) mass is 238 g/mol. The molecule has 0 aliphatic carbocycles. The first kappa shape index (κ1) is 14.8. The molecular formula is C9H19O5P. The number of ketones is 1. The molecular weight excluding hydrogens is 219 g/mol. The van der Waals surface area contributed by atoms with E-state index in [4.69, 9.17) is 9.79 Å². The summed E-state index contributed by atoms with van der Waals surface area (Å²) in [6.07, 6.45) is 1.39. The first-order valence-corrected chi connectivity index (χ1v) is 6.45. The maximum absolute atomic E-state index is 11.6. The number of hydrogen-bond acceptors (Lipinski definition) is 3. The second-order valence-corrected chi connectivity index (χ2v) is 5.33. The predicted molar refractivity (Wildman–Crippen MR) is 56.3 cm³/mol. The fourth-order valence-corrected chi connectivity index (χ4v) is 1.32. The Hall–Kier alpha value is -0.220. The average Bonchev–Trinajstić information content (AvgIpc) is 2.10. The van der Waals surface area contributed by atoms with Crippen LogP contribution in [0, 0.1) is 5.41 Å². The van der Waals surface area contributed by atoms with Crippen molar-refractivity contribution < 1.29 is 23.7 Å². The van der Waals surface area contributed by atoms with E-state index in [1.54, 1.807) is 0 Å². The van der Waals surface area contributed by atoms with Crippen LogP contribution in [0.15, 0.2) is 0 Å². The lowest BCUT2D eigenvalue weighted by molar-refractivity contribution is -0.127. The van der Waals surface area contributed by atoms with Crippen LogP contribution in [0.5, 0.6) is 0 Å². The molecule has 0 saturated heterocycles.